The van der Waals surface area contributed by atoms with Crippen LogP contribution in [0.4, 0.5) is 10.5 Å². The number of nitrogens with one attached hydrogen (secondary N) is 2. The Balaban J connectivity index is 1.32. The summed E-state index contributed by atoms with van der Waals surface area (Å²) < 4.78 is 0. The molecule has 2 fully saturated rings. The number of anilines is 1. The van der Waals surface area contributed by atoms with Gasteiger partial charge in [0, 0.05) is 49.4 Å². The first-order valence-corrected chi connectivity index (χ1v) is 11.2. The second kappa shape index (κ2) is 10.8. The Morgan fingerprint density at radius 1 is 1.14 bits per heavy atom. The van der Waals surface area contributed by atoms with Crippen molar-refractivity contribution in [3.8, 4) is 0 Å². The van der Waals surface area contributed by atoms with Crippen LogP contribution in [0.3, 0.4) is 0 Å². The number of carbonyl (C=O) groups excluding carboxylic acids is 2. The molecular formula is C22H33ClN4O2. The molecule has 0 bridgehead atoms. The first kappa shape index (κ1) is 21.9. The van der Waals surface area contributed by atoms with Gasteiger partial charge in [-0.05, 0) is 63.3 Å². The quantitative estimate of drug-likeness (QED) is 0.731. The lowest BCUT2D eigenvalue weighted by molar-refractivity contribution is -0.122. The number of halogens is 1. The van der Waals surface area contributed by atoms with E-state index < -0.39 is 0 Å². The fraction of sp³-hybridized carbons (Fsp3) is 0.636. The molecule has 1 unspecified atom stereocenters. The van der Waals surface area contributed by atoms with Crippen LogP contribution in [0, 0.1) is 5.92 Å². The average Bonchev–Trinajstić information content (AvgIpc) is 2.70. The van der Waals surface area contributed by atoms with Gasteiger partial charge in [0.2, 0.25) is 5.91 Å². The third-order valence-corrected chi connectivity index (χ3v) is 6.35. The highest BCUT2D eigenvalue weighted by molar-refractivity contribution is 6.30. The minimum Gasteiger partial charge on any atom is -0.355 e. The SMILES string of the molecule is CC1CCCCN1CCNC(=O)CC1CCN(C(=O)Nc2cccc(Cl)c2)CC1. The van der Waals surface area contributed by atoms with Crippen LogP contribution in [0.5, 0.6) is 0 Å². The van der Waals surface area contributed by atoms with Gasteiger partial charge in [-0.3, -0.25) is 9.69 Å². The molecule has 1 aromatic rings. The van der Waals surface area contributed by atoms with Crippen LogP contribution < -0.4 is 10.6 Å². The summed E-state index contributed by atoms with van der Waals surface area (Å²) in [4.78, 5) is 29.0. The lowest BCUT2D eigenvalue weighted by atomic mass is 9.93. The van der Waals surface area contributed by atoms with E-state index in [0.29, 0.717) is 42.2 Å². The van der Waals surface area contributed by atoms with E-state index >= 15 is 0 Å². The van der Waals surface area contributed by atoms with E-state index in [1.807, 2.05) is 17.0 Å². The molecule has 1 atom stereocenters. The number of urea groups is 1. The maximum atomic E-state index is 12.4. The smallest absolute Gasteiger partial charge is 0.321 e. The van der Waals surface area contributed by atoms with Crippen molar-refractivity contribution in [2.24, 2.45) is 5.92 Å². The summed E-state index contributed by atoms with van der Waals surface area (Å²) in [6.07, 6.45) is 6.12. The summed E-state index contributed by atoms with van der Waals surface area (Å²) in [5.41, 5.74) is 0.701. The molecule has 0 aliphatic carbocycles. The lowest BCUT2D eigenvalue weighted by Crippen LogP contribution is -2.43. The number of hydrogen-bond donors (Lipinski definition) is 2. The number of benzene rings is 1. The standard InChI is InChI=1S/C22H33ClN4O2/c1-17-5-2-3-11-26(17)14-10-24-21(28)15-18-8-12-27(13-9-18)22(29)25-20-7-4-6-19(23)16-20/h4,6-7,16-18H,2-3,5,8-15H2,1H3,(H,24,28)(H,25,29). The molecule has 1 aromatic carbocycles. The normalized spacial score (nSPS) is 21.0. The van der Waals surface area contributed by atoms with Crippen LogP contribution in [0.1, 0.15) is 45.4 Å². The molecule has 2 aliphatic heterocycles. The maximum absolute atomic E-state index is 12.4. The molecule has 3 amide bonds. The van der Waals surface area contributed by atoms with E-state index in [4.69, 9.17) is 11.6 Å². The van der Waals surface area contributed by atoms with Crippen molar-refractivity contribution in [3.63, 3.8) is 0 Å². The number of hydrogen-bond acceptors (Lipinski definition) is 3. The van der Waals surface area contributed by atoms with Gasteiger partial charge >= 0.3 is 6.03 Å². The molecule has 160 valence electrons. The van der Waals surface area contributed by atoms with Gasteiger partial charge in [0.25, 0.3) is 0 Å². The number of nitrogens with zero attached hydrogens (tertiary/aromatic N) is 2. The van der Waals surface area contributed by atoms with E-state index in [0.717, 1.165) is 32.5 Å². The van der Waals surface area contributed by atoms with E-state index in [9.17, 15) is 9.59 Å². The van der Waals surface area contributed by atoms with Crippen molar-refractivity contribution in [3.05, 3.63) is 29.3 Å². The molecule has 3 rings (SSSR count). The molecule has 7 heteroatoms. The second-order valence-corrected chi connectivity index (χ2v) is 8.74. The van der Waals surface area contributed by atoms with Crippen molar-refractivity contribution in [2.75, 3.05) is 38.0 Å². The van der Waals surface area contributed by atoms with Gasteiger partial charge in [-0.25, -0.2) is 4.79 Å². The van der Waals surface area contributed by atoms with Crippen LogP contribution in [0.15, 0.2) is 24.3 Å². The molecule has 2 aliphatic rings. The van der Waals surface area contributed by atoms with Crippen molar-refractivity contribution in [1.82, 2.24) is 15.1 Å². The highest BCUT2D eigenvalue weighted by Crippen LogP contribution is 2.22. The van der Waals surface area contributed by atoms with Crippen LogP contribution in [0.25, 0.3) is 0 Å². The summed E-state index contributed by atoms with van der Waals surface area (Å²) in [5, 5.41) is 6.57. The largest absolute Gasteiger partial charge is 0.355 e. The fourth-order valence-corrected chi connectivity index (χ4v) is 4.46. The van der Waals surface area contributed by atoms with Crippen molar-refractivity contribution in [2.45, 2.75) is 51.5 Å². The lowest BCUT2D eigenvalue weighted by Gasteiger charge is -2.33. The number of rotatable bonds is 6. The van der Waals surface area contributed by atoms with Crippen LogP contribution in [-0.2, 0) is 4.79 Å². The minimum absolute atomic E-state index is 0.106. The van der Waals surface area contributed by atoms with E-state index in [1.165, 1.54) is 19.3 Å². The molecule has 6 nitrogen and oxygen atoms in total. The van der Waals surface area contributed by atoms with Crippen molar-refractivity contribution >= 4 is 29.2 Å². The Morgan fingerprint density at radius 3 is 2.66 bits per heavy atom. The summed E-state index contributed by atoms with van der Waals surface area (Å²) in [7, 11) is 0. The van der Waals surface area contributed by atoms with E-state index in [1.54, 1.807) is 12.1 Å². The summed E-state index contributed by atoms with van der Waals surface area (Å²) in [6, 6.07) is 7.68. The molecule has 0 radical (unpaired) electrons. The van der Waals surface area contributed by atoms with Gasteiger partial charge < -0.3 is 15.5 Å². The predicted octanol–water partition coefficient (Wildman–Crippen LogP) is 3.96. The zero-order valence-electron chi connectivity index (χ0n) is 17.3. The van der Waals surface area contributed by atoms with Crippen LogP contribution in [-0.4, -0.2) is 60.5 Å². The van der Waals surface area contributed by atoms with Gasteiger partial charge in [-0.1, -0.05) is 24.1 Å². The van der Waals surface area contributed by atoms with Crippen LogP contribution in [0.2, 0.25) is 5.02 Å². The number of carbonyl (C=O) groups is 2. The summed E-state index contributed by atoms with van der Waals surface area (Å²) in [6.45, 7) is 6.44. The zero-order chi connectivity index (χ0) is 20.6. The third-order valence-electron chi connectivity index (χ3n) is 6.11. The van der Waals surface area contributed by atoms with E-state index in [-0.39, 0.29) is 11.9 Å². The number of amides is 3. The Labute approximate surface area is 179 Å². The van der Waals surface area contributed by atoms with Gasteiger partial charge in [0.1, 0.15) is 0 Å². The maximum Gasteiger partial charge on any atom is 0.321 e. The minimum atomic E-state index is -0.106. The molecular weight excluding hydrogens is 388 g/mol. The third kappa shape index (κ3) is 6.89. The molecule has 29 heavy (non-hydrogen) atoms. The van der Waals surface area contributed by atoms with Gasteiger partial charge in [0.15, 0.2) is 0 Å². The highest BCUT2D eigenvalue weighted by Gasteiger charge is 2.25. The first-order chi connectivity index (χ1) is 14.0. The monoisotopic (exact) mass is 420 g/mol. The molecule has 2 saturated heterocycles. The number of piperidine rings is 2. The second-order valence-electron chi connectivity index (χ2n) is 8.31. The number of likely N-dealkylation sites (tertiary alicyclic amines) is 2. The van der Waals surface area contributed by atoms with Crippen molar-refractivity contribution in [1.29, 1.82) is 0 Å². The summed E-state index contributed by atoms with van der Waals surface area (Å²) >= 11 is 5.96. The Bertz CT molecular complexity index is 691. The molecule has 0 aromatic heterocycles. The summed E-state index contributed by atoms with van der Waals surface area (Å²) in [5.74, 6) is 0.482. The zero-order valence-corrected chi connectivity index (χ0v) is 18.1. The predicted molar refractivity (Wildman–Crippen MR) is 117 cm³/mol. The average molecular weight is 421 g/mol. The molecule has 0 saturated carbocycles. The van der Waals surface area contributed by atoms with Crippen molar-refractivity contribution < 1.29 is 9.59 Å². The van der Waals surface area contributed by atoms with Crippen LogP contribution >= 0.6 is 11.6 Å². The van der Waals surface area contributed by atoms with Gasteiger partial charge in [0.05, 0.1) is 0 Å². The molecule has 0 spiro atoms. The Hall–Kier alpha value is -1.79. The Morgan fingerprint density at radius 2 is 1.93 bits per heavy atom. The first-order valence-electron chi connectivity index (χ1n) is 10.8. The Kier molecular flexibility index (Phi) is 8.19. The van der Waals surface area contributed by atoms with Gasteiger partial charge in [-0.2, -0.15) is 0 Å². The van der Waals surface area contributed by atoms with E-state index in [2.05, 4.69) is 22.5 Å². The van der Waals surface area contributed by atoms with Gasteiger partial charge in [-0.15, -0.1) is 0 Å². The fourth-order valence-electron chi connectivity index (χ4n) is 4.27. The molecule has 2 N–H and O–H groups in total. The highest BCUT2D eigenvalue weighted by atomic mass is 35.5. The molecule has 2 heterocycles. The topological polar surface area (TPSA) is 64.7 Å².